The van der Waals surface area contributed by atoms with Crippen LogP contribution in [0.5, 0.6) is 17.2 Å². The predicted octanol–water partition coefficient (Wildman–Crippen LogP) is 22.4. The molecule has 14 heteroatoms. The van der Waals surface area contributed by atoms with Gasteiger partial charge in [-0.3, -0.25) is 13.5 Å². The summed E-state index contributed by atoms with van der Waals surface area (Å²) in [5.41, 5.74) is 18.1. The Bertz CT molecular complexity index is 7180. The first-order valence-electron chi connectivity index (χ1n) is 33.8. The Morgan fingerprint density at radius 3 is 1.36 bits per heavy atom. The topological polar surface area (TPSA) is 128 Å². The van der Waals surface area contributed by atoms with Gasteiger partial charge in [-0.2, -0.15) is 51.7 Å². The molecule has 0 atom stereocenters. The van der Waals surface area contributed by atoms with E-state index in [1.165, 1.54) is 54.3 Å². The summed E-state index contributed by atoms with van der Waals surface area (Å²) in [4.78, 5) is 13.1. The first-order chi connectivity index (χ1) is 50.8. The van der Waals surface area contributed by atoms with Gasteiger partial charge in [-0.15, -0.1) is 29.7 Å². The van der Waals surface area contributed by atoms with Crippen LogP contribution in [0.15, 0.2) is 300 Å². The molecule has 0 saturated heterocycles. The number of methoxy groups -OCH3 is 1. The summed E-state index contributed by atoms with van der Waals surface area (Å²) in [6, 6.07) is 102. The Morgan fingerprint density at radius 1 is 0.346 bits per heavy atom. The van der Waals surface area contributed by atoms with Gasteiger partial charge in [-0.25, -0.2) is 4.79 Å². The number of ether oxygens (including phenoxy) is 3. The van der Waals surface area contributed by atoms with Crippen molar-refractivity contribution in [3.8, 4) is 45.2 Å². The van der Waals surface area contributed by atoms with Crippen LogP contribution in [0.3, 0.4) is 0 Å². The van der Waals surface area contributed by atoms with Crippen molar-refractivity contribution in [1.29, 1.82) is 0 Å². The normalized spacial score (nSPS) is 11.7. The van der Waals surface area contributed by atoms with Crippen molar-refractivity contribution in [3.05, 3.63) is 315 Å². The van der Waals surface area contributed by atoms with Crippen molar-refractivity contribution in [2.75, 3.05) is 7.11 Å². The van der Waals surface area contributed by atoms with Crippen molar-refractivity contribution >= 4 is 153 Å². The molecule has 22 aromatic rings. The van der Waals surface area contributed by atoms with E-state index in [0.717, 1.165) is 127 Å². The molecule has 0 N–H and O–H groups in total. The fraction of sp³-hybridized carbons (Fsp3) is 0.0222. The first-order valence-corrected chi connectivity index (χ1v) is 33.8. The molecule has 9 aromatic heterocycles. The van der Waals surface area contributed by atoms with E-state index in [4.69, 9.17) is 23.0 Å². The van der Waals surface area contributed by atoms with E-state index < -0.39 is 6.16 Å². The van der Waals surface area contributed by atoms with E-state index in [1.54, 1.807) is 31.5 Å². The number of nitrogens with zero attached hydrogens (tertiary/aromatic N) is 7. The molecule has 0 amide bonds. The summed E-state index contributed by atoms with van der Waals surface area (Å²) in [7, 11) is 1.67. The molecule has 0 unspecified atom stereocenters. The molecular formula is C90H54IrN7O6. The third-order valence-electron chi connectivity index (χ3n) is 19.8. The second-order valence-electron chi connectivity index (χ2n) is 25.7. The maximum Gasteiger partial charge on any atom is 3.00 e. The van der Waals surface area contributed by atoms with E-state index >= 15 is 0 Å². The number of hydrogen-bond donors (Lipinski definition) is 0. The van der Waals surface area contributed by atoms with Crippen LogP contribution in [0.2, 0.25) is 0 Å². The maximum atomic E-state index is 13.1. The molecule has 0 bridgehead atoms. The van der Waals surface area contributed by atoms with Crippen LogP contribution in [0, 0.1) is 25.1 Å². The van der Waals surface area contributed by atoms with Crippen molar-refractivity contribution < 1.29 is 47.9 Å². The average molecular weight is 1520 g/mol. The molecule has 9 heterocycles. The van der Waals surface area contributed by atoms with Crippen LogP contribution < -0.4 is 14.2 Å². The number of hydrogen-bond acceptors (Lipinski definition) is 9. The predicted molar refractivity (Wildman–Crippen MR) is 411 cm³/mol. The molecule has 13 nitrogen and oxygen atoms in total. The second kappa shape index (κ2) is 24.7. The van der Waals surface area contributed by atoms with Crippen LogP contribution in [-0.4, -0.2) is 46.7 Å². The zero-order chi connectivity index (χ0) is 68.4. The third-order valence-corrected chi connectivity index (χ3v) is 19.8. The maximum absolute atomic E-state index is 13.1. The minimum Gasteiger partial charge on any atom is -0.554 e. The molecule has 0 radical (unpaired) electrons. The minimum atomic E-state index is -0.868. The largest absolute Gasteiger partial charge is 3.00 e. The quantitative estimate of drug-likeness (QED) is 0.0692. The monoisotopic (exact) mass is 1520 g/mol. The van der Waals surface area contributed by atoms with Crippen molar-refractivity contribution in [2.45, 2.75) is 6.92 Å². The van der Waals surface area contributed by atoms with Gasteiger partial charge in [0.2, 0.25) is 0 Å². The Kier molecular flexibility index (Phi) is 14.7. The smallest absolute Gasteiger partial charge is 0.554 e. The van der Waals surface area contributed by atoms with Gasteiger partial charge in [-0.1, -0.05) is 154 Å². The summed E-state index contributed by atoms with van der Waals surface area (Å²) < 4.78 is 37.4. The number of aromatic nitrogens is 7. The van der Waals surface area contributed by atoms with Gasteiger partial charge in [0.1, 0.15) is 28.1 Å². The van der Waals surface area contributed by atoms with Crippen molar-refractivity contribution in [1.82, 2.24) is 33.4 Å². The number of pyridine rings is 3. The zero-order valence-electron chi connectivity index (χ0n) is 55.6. The van der Waals surface area contributed by atoms with Gasteiger partial charge in [0, 0.05) is 74.2 Å². The first kappa shape index (κ1) is 61.7. The fourth-order valence-electron chi connectivity index (χ4n) is 15.1. The molecule has 22 rings (SSSR count). The second-order valence-corrected chi connectivity index (χ2v) is 25.7. The SMILES string of the molecule is COc1c[c-]c2c(c1)c1ccccc1c1ccnn21.Cc1ccc2c(c1)c1cc(-c3ccc4oc5ccc(-c6ccc7oc8cc(OC(=O)Oc9c[c-]c%10c(c9)c9ccccc9c9ccnn%109)ccc8c7c6)cc5c4c3)ccc1n2-c1ccccc1.[Ir+3].[c-]1cccc2c3ccccc3c3ccnn3c12. The van der Waals surface area contributed by atoms with E-state index in [0.29, 0.717) is 17.1 Å². The molecule has 0 saturated carbocycles. The summed E-state index contributed by atoms with van der Waals surface area (Å²) in [6.45, 7) is 2.15. The Morgan fingerprint density at radius 2 is 0.788 bits per heavy atom. The number of para-hydroxylation sites is 2. The van der Waals surface area contributed by atoms with Crippen LogP contribution in [0.25, 0.3) is 175 Å². The minimum absolute atomic E-state index is 0. The Labute approximate surface area is 605 Å². The molecule has 13 aromatic carbocycles. The molecule has 0 aliphatic carbocycles. The third kappa shape index (κ3) is 10.2. The van der Waals surface area contributed by atoms with Crippen LogP contribution in [0.4, 0.5) is 4.79 Å². The van der Waals surface area contributed by atoms with E-state index in [9.17, 15) is 4.79 Å². The number of carbonyl (C=O) groups is 1. The van der Waals surface area contributed by atoms with Crippen molar-refractivity contribution in [3.63, 3.8) is 0 Å². The number of rotatable bonds is 6. The molecular weight excluding hydrogens is 1470 g/mol. The van der Waals surface area contributed by atoms with Gasteiger partial charge >= 0.3 is 26.3 Å². The fourth-order valence-corrected chi connectivity index (χ4v) is 15.1. The van der Waals surface area contributed by atoms with Gasteiger partial charge in [0.05, 0.1) is 34.7 Å². The van der Waals surface area contributed by atoms with E-state index in [1.807, 2.05) is 129 Å². The van der Waals surface area contributed by atoms with Gasteiger partial charge in [-0.05, 0) is 165 Å². The summed E-state index contributed by atoms with van der Waals surface area (Å²) in [5.74, 6) is 1.42. The Hall–Kier alpha value is -13.4. The average Bonchev–Trinajstić information content (AvgIpc) is 1.46. The molecule has 0 aliphatic rings. The zero-order valence-corrected chi connectivity index (χ0v) is 58.0. The molecule has 0 fully saturated rings. The van der Waals surface area contributed by atoms with Gasteiger partial charge in [0.15, 0.2) is 0 Å². The van der Waals surface area contributed by atoms with Gasteiger partial charge < -0.3 is 27.6 Å². The molecule has 0 spiro atoms. The number of aryl methyl sites for hydroxylation is 1. The van der Waals surface area contributed by atoms with Crippen LogP contribution in [-0.2, 0) is 20.1 Å². The van der Waals surface area contributed by atoms with Gasteiger partial charge in [0.25, 0.3) is 0 Å². The molecule has 0 aliphatic heterocycles. The molecule has 104 heavy (non-hydrogen) atoms. The number of fused-ring (bicyclic) bond motifs is 27. The number of carbonyl (C=O) groups excluding carboxylic acids is 1. The number of benzene rings is 13. The Balaban J connectivity index is 0.000000162. The summed E-state index contributed by atoms with van der Waals surface area (Å²) >= 11 is 0. The summed E-state index contributed by atoms with van der Waals surface area (Å²) in [5, 5.41) is 29.8. The van der Waals surface area contributed by atoms with E-state index in [-0.39, 0.29) is 20.1 Å². The molecule has 494 valence electrons. The van der Waals surface area contributed by atoms with E-state index in [2.05, 4.69) is 197 Å². The van der Waals surface area contributed by atoms with Crippen molar-refractivity contribution in [2.24, 2.45) is 0 Å². The standard InChI is InChI=1S/C59H34N3O5.C16H11N2O.C15H9N2.Ir/c1-34-11-19-51-45(27-34)46-28-35(12-20-52(46)61(51)39-7-3-2-4-8-39)37-14-23-56-49(30-37)50-31-38(15-24-57(50)66-56)36-13-22-55-48(29-36)44-18-16-41(33-58(44)67-55)65-59(63)64-40-17-21-53-47(32-40)42-9-5-6-10-43(42)54-25-26-60-62(53)54;1-19-11-6-7-15-14(10-11)12-4-2-3-5-13(12)16-8-9-17-18(15)16;1-2-6-13-11(5-1)12-7-3-4-8-14(12)17-15(13)9-10-16-17;/h2-20,22-33H,1H3;2-6,8-10H,1H3;1-7,9-10H;/q3*-1;+3. The summed E-state index contributed by atoms with van der Waals surface area (Å²) in [6.07, 6.45) is 4.55. The van der Waals surface area contributed by atoms with Crippen LogP contribution >= 0.6 is 0 Å². The number of furan rings is 2. The van der Waals surface area contributed by atoms with Crippen LogP contribution in [0.1, 0.15) is 5.56 Å².